The molecule has 0 N–H and O–H groups in total. The number of hydrogen-bond donors (Lipinski definition) is 0. The van der Waals surface area contributed by atoms with Crippen LogP contribution in [0.3, 0.4) is 0 Å². The predicted molar refractivity (Wildman–Crippen MR) is 125 cm³/mol. The highest BCUT2D eigenvalue weighted by Crippen LogP contribution is 2.31. The van der Waals surface area contributed by atoms with E-state index in [0.717, 1.165) is 19.3 Å². The van der Waals surface area contributed by atoms with Crippen LogP contribution in [-0.2, 0) is 4.79 Å². The molecule has 1 atom stereocenters. The quantitative estimate of drug-likeness (QED) is 0.501. The number of rotatable bonds is 8. The smallest absolute Gasteiger partial charge is 0.261 e. The fourth-order valence-electron chi connectivity index (χ4n) is 4.09. The number of benzene rings is 1. The zero-order valence-electron chi connectivity index (χ0n) is 19.5. The number of amides is 2. The van der Waals surface area contributed by atoms with Crippen molar-refractivity contribution in [1.29, 1.82) is 0 Å². The summed E-state index contributed by atoms with van der Waals surface area (Å²) in [6.07, 6.45) is 5.75. The Labute approximate surface area is 198 Å². The van der Waals surface area contributed by atoms with E-state index in [0.29, 0.717) is 48.2 Å². The number of aromatic nitrogens is 3. The first kappa shape index (κ1) is 23.4. The molecule has 1 aromatic carbocycles. The fourth-order valence-corrected chi connectivity index (χ4v) is 4.09. The summed E-state index contributed by atoms with van der Waals surface area (Å²) in [5, 5.41) is 4.11. The molecular weight excluding hydrogens is 434 g/mol. The second-order valence-electron chi connectivity index (χ2n) is 8.10. The molecule has 9 nitrogen and oxygen atoms in total. The minimum absolute atomic E-state index is 0.0546. The highest BCUT2D eigenvalue weighted by atomic mass is 16.5. The molecule has 178 valence electrons. The lowest BCUT2D eigenvalue weighted by molar-refractivity contribution is -0.138. The van der Waals surface area contributed by atoms with Gasteiger partial charge in [0.15, 0.2) is 6.61 Å². The summed E-state index contributed by atoms with van der Waals surface area (Å²) in [7, 11) is 0. The van der Waals surface area contributed by atoms with Crippen molar-refractivity contribution in [2.45, 2.75) is 39.2 Å². The summed E-state index contributed by atoms with van der Waals surface area (Å²) in [5.41, 5.74) is 1.06. The van der Waals surface area contributed by atoms with Crippen LogP contribution in [-0.4, -0.2) is 63.0 Å². The maximum Gasteiger partial charge on any atom is 0.261 e. The van der Waals surface area contributed by atoms with Gasteiger partial charge in [0.05, 0.1) is 5.56 Å². The van der Waals surface area contributed by atoms with Crippen molar-refractivity contribution in [3.8, 4) is 17.1 Å². The van der Waals surface area contributed by atoms with Gasteiger partial charge in [-0.05, 0) is 51.3 Å². The van der Waals surface area contributed by atoms with E-state index < -0.39 is 0 Å². The Morgan fingerprint density at radius 3 is 2.71 bits per heavy atom. The van der Waals surface area contributed by atoms with Crippen molar-refractivity contribution in [1.82, 2.24) is 24.9 Å². The largest absolute Gasteiger partial charge is 0.484 e. The summed E-state index contributed by atoms with van der Waals surface area (Å²) in [4.78, 5) is 37.9. The third-order valence-corrected chi connectivity index (χ3v) is 5.95. The molecule has 0 spiro atoms. The maximum absolute atomic E-state index is 12.9. The molecule has 34 heavy (non-hydrogen) atoms. The monoisotopic (exact) mass is 463 g/mol. The molecular formula is C25H29N5O4. The van der Waals surface area contributed by atoms with Crippen molar-refractivity contribution in [2.75, 3.05) is 26.2 Å². The van der Waals surface area contributed by atoms with Gasteiger partial charge in [0.2, 0.25) is 11.7 Å². The molecule has 4 rings (SSSR count). The van der Waals surface area contributed by atoms with Crippen LogP contribution < -0.4 is 4.74 Å². The van der Waals surface area contributed by atoms with Crippen molar-refractivity contribution < 1.29 is 18.8 Å². The fraction of sp³-hybridized carbons (Fsp3) is 0.400. The molecule has 2 aromatic heterocycles. The second-order valence-corrected chi connectivity index (χ2v) is 8.10. The van der Waals surface area contributed by atoms with E-state index in [9.17, 15) is 9.59 Å². The first-order chi connectivity index (χ1) is 16.6. The van der Waals surface area contributed by atoms with Gasteiger partial charge in [-0.25, -0.2) is 0 Å². The van der Waals surface area contributed by atoms with Gasteiger partial charge < -0.3 is 19.1 Å². The Bertz CT molecular complexity index is 1110. The zero-order chi connectivity index (χ0) is 23.9. The highest BCUT2D eigenvalue weighted by molar-refractivity contribution is 5.94. The SMILES string of the molecule is CCN(CC)C(=O)c1cncc(-c2noc([C@H]3CCCCN3C(=O)COc3ccccc3)n2)c1. The van der Waals surface area contributed by atoms with E-state index in [4.69, 9.17) is 9.26 Å². The Morgan fingerprint density at radius 1 is 1.15 bits per heavy atom. The molecule has 0 aliphatic carbocycles. The van der Waals surface area contributed by atoms with Crippen LogP contribution in [0.15, 0.2) is 53.3 Å². The van der Waals surface area contributed by atoms with Crippen molar-refractivity contribution in [3.63, 3.8) is 0 Å². The summed E-state index contributed by atoms with van der Waals surface area (Å²) >= 11 is 0. The second kappa shape index (κ2) is 10.9. The maximum atomic E-state index is 12.9. The van der Waals surface area contributed by atoms with Gasteiger partial charge in [0, 0.05) is 37.6 Å². The third kappa shape index (κ3) is 5.24. The summed E-state index contributed by atoms with van der Waals surface area (Å²) in [6.45, 7) is 5.66. The molecule has 0 unspecified atom stereocenters. The summed E-state index contributed by atoms with van der Waals surface area (Å²) < 4.78 is 11.2. The van der Waals surface area contributed by atoms with Crippen LogP contribution in [0.25, 0.3) is 11.4 Å². The van der Waals surface area contributed by atoms with Crippen LogP contribution in [0.5, 0.6) is 5.75 Å². The van der Waals surface area contributed by atoms with Crippen molar-refractivity contribution in [2.24, 2.45) is 0 Å². The minimum Gasteiger partial charge on any atom is -0.484 e. The number of carbonyl (C=O) groups is 2. The number of pyridine rings is 1. The lowest BCUT2D eigenvalue weighted by Gasteiger charge is -2.33. The normalized spacial score (nSPS) is 15.7. The van der Waals surface area contributed by atoms with E-state index in [1.165, 1.54) is 0 Å². The Kier molecular flexibility index (Phi) is 7.51. The van der Waals surface area contributed by atoms with E-state index >= 15 is 0 Å². The van der Waals surface area contributed by atoms with Crippen LogP contribution in [0.2, 0.25) is 0 Å². The molecule has 3 heterocycles. The van der Waals surface area contributed by atoms with Crippen LogP contribution in [0, 0.1) is 0 Å². The number of para-hydroxylation sites is 1. The number of nitrogens with zero attached hydrogens (tertiary/aromatic N) is 5. The van der Waals surface area contributed by atoms with E-state index in [1.54, 1.807) is 28.3 Å². The molecule has 1 fully saturated rings. The summed E-state index contributed by atoms with van der Waals surface area (Å²) in [6, 6.07) is 10.7. The van der Waals surface area contributed by atoms with E-state index in [2.05, 4.69) is 15.1 Å². The molecule has 0 radical (unpaired) electrons. The van der Waals surface area contributed by atoms with Crippen molar-refractivity contribution in [3.05, 3.63) is 60.2 Å². The van der Waals surface area contributed by atoms with Gasteiger partial charge in [0.1, 0.15) is 11.8 Å². The topological polar surface area (TPSA) is 102 Å². The molecule has 3 aromatic rings. The van der Waals surface area contributed by atoms with Crippen LogP contribution in [0.4, 0.5) is 0 Å². The standard InChI is InChI=1S/C25H29N5O4/c1-3-29(4-2)25(32)19-14-18(15-26-16-19)23-27-24(34-28-23)21-12-8-9-13-30(21)22(31)17-33-20-10-6-5-7-11-20/h5-7,10-11,14-16,21H,3-4,8-9,12-13,17H2,1-2H3/t21-/m1/s1. The predicted octanol–water partition coefficient (Wildman–Crippen LogP) is 3.75. The molecule has 0 bridgehead atoms. The van der Waals surface area contributed by atoms with Crippen LogP contribution >= 0.6 is 0 Å². The number of carbonyl (C=O) groups excluding carboxylic acids is 2. The molecule has 1 saturated heterocycles. The molecule has 1 aliphatic rings. The first-order valence-corrected chi connectivity index (χ1v) is 11.7. The van der Waals surface area contributed by atoms with Gasteiger partial charge in [-0.2, -0.15) is 4.98 Å². The van der Waals surface area contributed by atoms with Gasteiger partial charge >= 0.3 is 0 Å². The van der Waals surface area contributed by atoms with Gasteiger partial charge in [-0.1, -0.05) is 23.4 Å². The number of hydrogen-bond acceptors (Lipinski definition) is 7. The average Bonchev–Trinajstić information content (AvgIpc) is 3.39. The summed E-state index contributed by atoms with van der Waals surface area (Å²) in [5.74, 6) is 1.15. The van der Waals surface area contributed by atoms with E-state index in [-0.39, 0.29) is 24.5 Å². The lowest BCUT2D eigenvalue weighted by atomic mass is 10.0. The lowest BCUT2D eigenvalue weighted by Crippen LogP contribution is -2.41. The first-order valence-electron chi connectivity index (χ1n) is 11.7. The molecule has 0 saturated carbocycles. The Morgan fingerprint density at radius 2 is 1.94 bits per heavy atom. The van der Waals surface area contributed by atoms with Gasteiger partial charge in [-0.3, -0.25) is 14.6 Å². The Balaban J connectivity index is 1.49. The number of piperidine rings is 1. The highest BCUT2D eigenvalue weighted by Gasteiger charge is 2.32. The minimum atomic E-state index is -0.310. The molecule has 2 amide bonds. The van der Waals surface area contributed by atoms with Crippen molar-refractivity contribution >= 4 is 11.8 Å². The number of ether oxygens (including phenoxy) is 1. The molecule has 9 heteroatoms. The van der Waals surface area contributed by atoms with Crippen LogP contribution in [0.1, 0.15) is 55.4 Å². The average molecular weight is 464 g/mol. The number of likely N-dealkylation sites (tertiary alicyclic amines) is 1. The zero-order valence-corrected chi connectivity index (χ0v) is 19.5. The molecule has 1 aliphatic heterocycles. The van der Waals surface area contributed by atoms with Gasteiger partial charge in [-0.15, -0.1) is 0 Å². The third-order valence-electron chi connectivity index (χ3n) is 5.95. The van der Waals surface area contributed by atoms with Gasteiger partial charge in [0.25, 0.3) is 11.8 Å². The van der Waals surface area contributed by atoms with E-state index in [1.807, 2.05) is 44.2 Å². The Hall–Kier alpha value is -3.75.